The Bertz CT molecular complexity index is 906. The van der Waals surface area contributed by atoms with Crippen molar-refractivity contribution in [3.8, 4) is 11.3 Å². The molecule has 1 fully saturated rings. The smallest absolute Gasteiger partial charge is 0.255 e. The second-order valence-corrected chi connectivity index (χ2v) is 5.90. The number of ether oxygens (including phenoxy) is 1. The Morgan fingerprint density at radius 1 is 1.24 bits per heavy atom. The lowest BCUT2D eigenvalue weighted by molar-refractivity contribution is 0.0250. The Morgan fingerprint density at radius 2 is 2.08 bits per heavy atom. The molecule has 3 aromatic rings. The monoisotopic (exact) mass is 338 g/mol. The van der Waals surface area contributed by atoms with Gasteiger partial charge in [0.1, 0.15) is 11.9 Å². The first-order chi connectivity index (χ1) is 12.2. The number of nitrogens with zero attached hydrogens (tertiary/aromatic N) is 4. The third-order valence-electron chi connectivity index (χ3n) is 4.30. The number of rotatable bonds is 3. The second kappa shape index (κ2) is 6.52. The molecule has 1 saturated heterocycles. The van der Waals surface area contributed by atoms with E-state index in [-0.39, 0.29) is 11.7 Å². The SMILES string of the molecule is Cn1c(N2CCOC(c3ccco3)C2)nc(-c2ccncc2)cc1=O. The summed E-state index contributed by atoms with van der Waals surface area (Å²) in [5.41, 5.74) is 1.41. The molecule has 0 N–H and O–H groups in total. The van der Waals surface area contributed by atoms with Gasteiger partial charge >= 0.3 is 0 Å². The summed E-state index contributed by atoms with van der Waals surface area (Å²) >= 11 is 0. The van der Waals surface area contributed by atoms with E-state index in [2.05, 4.69) is 9.88 Å². The lowest BCUT2D eigenvalue weighted by Crippen LogP contribution is -2.41. The molecule has 7 heteroatoms. The van der Waals surface area contributed by atoms with E-state index in [1.54, 1.807) is 36.3 Å². The van der Waals surface area contributed by atoms with Crippen LogP contribution in [0.1, 0.15) is 11.9 Å². The van der Waals surface area contributed by atoms with Crippen molar-refractivity contribution in [2.45, 2.75) is 6.10 Å². The van der Waals surface area contributed by atoms with Crippen LogP contribution in [0.5, 0.6) is 0 Å². The minimum Gasteiger partial charge on any atom is -0.467 e. The number of furan rings is 1. The predicted octanol–water partition coefficient (Wildman–Crippen LogP) is 2.01. The number of pyridine rings is 1. The van der Waals surface area contributed by atoms with Crippen molar-refractivity contribution >= 4 is 5.95 Å². The molecule has 7 nitrogen and oxygen atoms in total. The summed E-state index contributed by atoms with van der Waals surface area (Å²) in [5.74, 6) is 1.40. The second-order valence-electron chi connectivity index (χ2n) is 5.90. The molecule has 1 unspecified atom stereocenters. The van der Waals surface area contributed by atoms with Crippen molar-refractivity contribution in [2.75, 3.05) is 24.6 Å². The summed E-state index contributed by atoms with van der Waals surface area (Å²) < 4.78 is 12.8. The molecule has 3 aromatic heterocycles. The van der Waals surface area contributed by atoms with Crippen LogP contribution in [0.2, 0.25) is 0 Å². The van der Waals surface area contributed by atoms with Crippen LogP contribution in [0.4, 0.5) is 5.95 Å². The number of morpholine rings is 1. The zero-order chi connectivity index (χ0) is 17.2. The summed E-state index contributed by atoms with van der Waals surface area (Å²) in [5, 5.41) is 0. The quantitative estimate of drug-likeness (QED) is 0.727. The van der Waals surface area contributed by atoms with Crippen molar-refractivity contribution in [1.82, 2.24) is 14.5 Å². The molecule has 0 radical (unpaired) electrons. The van der Waals surface area contributed by atoms with Gasteiger partial charge < -0.3 is 14.1 Å². The van der Waals surface area contributed by atoms with Crippen LogP contribution in [0.25, 0.3) is 11.3 Å². The number of anilines is 1. The van der Waals surface area contributed by atoms with E-state index in [0.29, 0.717) is 31.3 Å². The molecule has 0 aromatic carbocycles. The van der Waals surface area contributed by atoms with E-state index in [0.717, 1.165) is 11.3 Å². The van der Waals surface area contributed by atoms with Gasteiger partial charge in [0.25, 0.3) is 5.56 Å². The van der Waals surface area contributed by atoms with Gasteiger partial charge in [0.2, 0.25) is 5.95 Å². The van der Waals surface area contributed by atoms with Crippen molar-refractivity contribution in [1.29, 1.82) is 0 Å². The molecular weight excluding hydrogens is 320 g/mol. The zero-order valence-electron chi connectivity index (χ0n) is 13.8. The molecule has 4 heterocycles. The lowest BCUT2D eigenvalue weighted by atomic mass is 10.2. The fourth-order valence-electron chi connectivity index (χ4n) is 2.96. The van der Waals surface area contributed by atoms with Gasteiger partial charge in [-0.1, -0.05) is 0 Å². The van der Waals surface area contributed by atoms with E-state index in [1.165, 1.54) is 0 Å². The van der Waals surface area contributed by atoms with Crippen LogP contribution in [-0.2, 0) is 11.8 Å². The molecule has 4 rings (SSSR count). The minimum absolute atomic E-state index is 0.0992. The van der Waals surface area contributed by atoms with Gasteiger partial charge in [0.15, 0.2) is 0 Å². The Labute approximate surface area is 144 Å². The third kappa shape index (κ3) is 3.06. The normalized spacial score (nSPS) is 17.6. The van der Waals surface area contributed by atoms with Gasteiger partial charge in [-0.25, -0.2) is 4.98 Å². The maximum atomic E-state index is 12.4. The summed E-state index contributed by atoms with van der Waals surface area (Å²) in [6.07, 6.45) is 4.84. The van der Waals surface area contributed by atoms with E-state index in [1.807, 2.05) is 24.3 Å². The topological polar surface area (TPSA) is 73.4 Å². The highest BCUT2D eigenvalue weighted by Gasteiger charge is 2.26. The van der Waals surface area contributed by atoms with Crippen LogP contribution in [0.15, 0.2) is 58.2 Å². The number of aromatic nitrogens is 3. The van der Waals surface area contributed by atoms with Gasteiger partial charge in [-0.3, -0.25) is 14.3 Å². The van der Waals surface area contributed by atoms with E-state index in [4.69, 9.17) is 14.1 Å². The Morgan fingerprint density at radius 3 is 2.84 bits per heavy atom. The maximum absolute atomic E-state index is 12.4. The van der Waals surface area contributed by atoms with Gasteiger partial charge in [-0.05, 0) is 24.3 Å². The van der Waals surface area contributed by atoms with Gasteiger partial charge in [0.05, 0.1) is 25.1 Å². The van der Waals surface area contributed by atoms with E-state index < -0.39 is 0 Å². The van der Waals surface area contributed by atoms with E-state index >= 15 is 0 Å². The number of hydrogen-bond acceptors (Lipinski definition) is 6. The maximum Gasteiger partial charge on any atom is 0.255 e. The molecule has 1 aliphatic heterocycles. The average molecular weight is 338 g/mol. The first-order valence-electron chi connectivity index (χ1n) is 8.11. The highest BCUT2D eigenvalue weighted by molar-refractivity contribution is 5.59. The molecule has 0 bridgehead atoms. The molecule has 1 atom stereocenters. The summed E-state index contributed by atoms with van der Waals surface area (Å²) in [6.45, 7) is 1.78. The van der Waals surface area contributed by atoms with Gasteiger partial charge in [0, 0.05) is 37.6 Å². The molecular formula is C18H18N4O3. The highest BCUT2D eigenvalue weighted by Crippen LogP contribution is 2.26. The Kier molecular flexibility index (Phi) is 4.07. The fraction of sp³-hybridized carbons (Fsp3) is 0.278. The molecule has 25 heavy (non-hydrogen) atoms. The highest BCUT2D eigenvalue weighted by atomic mass is 16.5. The average Bonchev–Trinajstić information content (AvgIpc) is 3.19. The molecule has 128 valence electrons. The molecule has 0 aliphatic carbocycles. The van der Waals surface area contributed by atoms with Crippen LogP contribution in [0.3, 0.4) is 0 Å². The largest absolute Gasteiger partial charge is 0.467 e. The lowest BCUT2D eigenvalue weighted by Gasteiger charge is -2.33. The van der Waals surface area contributed by atoms with E-state index in [9.17, 15) is 4.79 Å². The van der Waals surface area contributed by atoms with Gasteiger partial charge in [-0.2, -0.15) is 0 Å². The van der Waals surface area contributed by atoms with Crippen molar-refractivity contribution < 1.29 is 9.15 Å². The molecule has 0 spiro atoms. The number of hydrogen-bond donors (Lipinski definition) is 0. The first kappa shape index (κ1) is 15.6. The third-order valence-corrected chi connectivity index (χ3v) is 4.30. The molecule has 0 saturated carbocycles. The fourth-order valence-corrected chi connectivity index (χ4v) is 2.96. The summed E-state index contributed by atoms with van der Waals surface area (Å²) in [6, 6.07) is 8.97. The first-order valence-corrected chi connectivity index (χ1v) is 8.11. The van der Waals surface area contributed by atoms with Crippen LogP contribution < -0.4 is 10.5 Å². The summed E-state index contributed by atoms with van der Waals surface area (Å²) in [4.78, 5) is 23.2. The Hall–Kier alpha value is -2.93. The van der Waals surface area contributed by atoms with Crippen LogP contribution >= 0.6 is 0 Å². The van der Waals surface area contributed by atoms with Crippen molar-refractivity contribution in [2.24, 2.45) is 7.05 Å². The standard InChI is InChI=1S/C18H18N4O3/c1-21-17(23)11-14(13-4-6-19-7-5-13)20-18(21)22-8-10-25-16(12-22)15-3-2-9-24-15/h2-7,9,11,16H,8,10,12H2,1H3. The van der Waals surface area contributed by atoms with Crippen LogP contribution in [-0.4, -0.2) is 34.2 Å². The predicted molar refractivity (Wildman–Crippen MR) is 92.3 cm³/mol. The van der Waals surface area contributed by atoms with Crippen molar-refractivity contribution in [3.63, 3.8) is 0 Å². The van der Waals surface area contributed by atoms with Crippen LogP contribution in [0, 0.1) is 0 Å². The summed E-state index contributed by atoms with van der Waals surface area (Å²) in [7, 11) is 1.73. The molecule has 0 amide bonds. The van der Waals surface area contributed by atoms with Gasteiger partial charge in [-0.15, -0.1) is 0 Å². The molecule has 1 aliphatic rings. The van der Waals surface area contributed by atoms with Crippen molar-refractivity contribution in [3.05, 3.63) is 65.1 Å². The Balaban J connectivity index is 1.69. The zero-order valence-corrected chi connectivity index (χ0v) is 13.8. The minimum atomic E-state index is -0.176.